The average Bonchev–Trinajstić information content (AvgIpc) is 2.40. The number of carbonyl (C=O) groups is 2. The Hall–Kier alpha value is -1.57. The molecule has 0 heterocycles. The molecule has 0 amide bonds. The Morgan fingerprint density at radius 2 is 1.19 bits per heavy atom. The number of rotatable bonds is 5. The van der Waals surface area contributed by atoms with Crippen LogP contribution in [0, 0.1) is 5.92 Å². The van der Waals surface area contributed by atoms with Gasteiger partial charge in [-0.1, -0.05) is 36.5 Å². The predicted octanol–water partition coefficient (Wildman–Crippen LogP) is 0.966. The van der Waals surface area contributed by atoms with E-state index in [1.807, 2.05) is 0 Å². The van der Waals surface area contributed by atoms with Crippen LogP contribution in [0.4, 0.5) is 0 Å². The third-order valence-electron chi connectivity index (χ3n) is 1.54. The van der Waals surface area contributed by atoms with Crippen molar-refractivity contribution in [2.24, 2.45) is 5.92 Å². The zero-order valence-electron chi connectivity index (χ0n) is 13.1. The van der Waals surface area contributed by atoms with Crippen LogP contribution in [0.15, 0.2) is 48.6 Å². The summed E-state index contributed by atoms with van der Waals surface area (Å²) in [5.74, 6) is -1.48. The summed E-state index contributed by atoms with van der Waals surface area (Å²) in [5, 5.41) is 20.5. The van der Waals surface area contributed by atoms with E-state index in [-0.39, 0.29) is 0 Å². The molecule has 0 aromatic carbocycles. The fraction of sp³-hybridized carbons (Fsp3) is 0.375. The van der Waals surface area contributed by atoms with Gasteiger partial charge in [-0.2, -0.15) is 0 Å². The van der Waals surface area contributed by atoms with E-state index in [0.29, 0.717) is 0 Å². The van der Waals surface area contributed by atoms with Crippen molar-refractivity contribution < 1.29 is 19.8 Å². The van der Waals surface area contributed by atoms with Crippen LogP contribution in [0.1, 0.15) is 27.7 Å². The Balaban J connectivity index is -0.000000239. The third-order valence-corrected chi connectivity index (χ3v) is 2.49. The van der Waals surface area contributed by atoms with Gasteiger partial charge in [-0.15, -0.1) is 0 Å². The normalized spacial score (nSPS) is 10.8. The molecule has 0 N–H and O–H groups in total. The summed E-state index contributed by atoms with van der Waals surface area (Å²) in [5.41, 5.74) is 0. The first-order valence-corrected chi connectivity index (χ1v) is 7.34. The van der Waals surface area contributed by atoms with Gasteiger partial charge in [-0.25, -0.2) is 0 Å². The number of hydrogen-bond donors (Lipinski definition) is 0. The molecule has 0 spiro atoms. The number of hydrogen-bond acceptors (Lipinski definition) is 4. The van der Waals surface area contributed by atoms with E-state index in [1.165, 1.54) is 17.4 Å². The molecule has 5 heteroatoms. The van der Waals surface area contributed by atoms with Crippen molar-refractivity contribution in [2.45, 2.75) is 33.0 Å². The van der Waals surface area contributed by atoms with Gasteiger partial charge in [0.1, 0.15) is 0 Å². The van der Waals surface area contributed by atoms with Crippen LogP contribution in [0.3, 0.4) is 0 Å². The topological polar surface area (TPSA) is 80.3 Å². The molecule has 0 saturated carbocycles. The van der Waals surface area contributed by atoms with Gasteiger partial charge >= 0.3 is 41.3 Å². The molecule has 4 nitrogen and oxygen atoms in total. The molecule has 0 unspecified atom stereocenters. The second kappa shape index (κ2) is 20.7. The molecule has 0 aliphatic heterocycles. The van der Waals surface area contributed by atoms with Crippen LogP contribution in [-0.4, -0.2) is 28.2 Å². The van der Waals surface area contributed by atoms with Crippen molar-refractivity contribution in [1.82, 2.24) is 0 Å². The Kier molecular flexibility index (Phi) is 24.2. The first-order chi connectivity index (χ1) is 9.81. The van der Waals surface area contributed by atoms with Crippen LogP contribution in [0.25, 0.3) is 0 Å². The fourth-order valence-corrected chi connectivity index (χ4v) is 0.490. The molecule has 0 aromatic rings. The molecule has 0 rings (SSSR count). The van der Waals surface area contributed by atoms with E-state index in [9.17, 15) is 19.8 Å². The van der Waals surface area contributed by atoms with Gasteiger partial charge in [0.15, 0.2) is 0 Å². The molecule has 0 fully saturated rings. The molecular weight excluding hydrogens is 283 g/mol. The van der Waals surface area contributed by atoms with E-state index >= 15 is 0 Å². The monoisotopic (exact) mass is 306 g/mol. The minimum atomic E-state index is -1.16. The van der Waals surface area contributed by atoms with Gasteiger partial charge in [0.25, 0.3) is 0 Å². The van der Waals surface area contributed by atoms with Gasteiger partial charge in [-0.3, -0.25) is 0 Å². The van der Waals surface area contributed by atoms with Crippen molar-refractivity contribution in [3.63, 3.8) is 0 Å². The van der Waals surface area contributed by atoms with E-state index in [0.717, 1.165) is 18.1 Å². The Morgan fingerprint density at radius 1 is 0.905 bits per heavy atom. The Bertz CT molecular complexity index is 334. The summed E-state index contributed by atoms with van der Waals surface area (Å²) < 4.78 is 0. The number of carboxylic acids is 2. The van der Waals surface area contributed by atoms with E-state index in [2.05, 4.69) is 30.1 Å². The summed E-state index contributed by atoms with van der Waals surface area (Å²) in [6.45, 7) is 8.01. The molecule has 21 heavy (non-hydrogen) atoms. The molecule has 0 bridgehead atoms. The zero-order valence-corrected chi connectivity index (χ0v) is 14.3. The molecule has 0 atom stereocenters. The first-order valence-electron chi connectivity index (χ1n) is 6.52. The summed E-state index contributed by atoms with van der Waals surface area (Å²) >= 11 is 2.69. The second-order valence-corrected chi connectivity index (χ2v) is 4.51. The van der Waals surface area contributed by atoms with Gasteiger partial charge in [-0.05, 0) is 26.0 Å². The number of allylic oxidation sites excluding steroid dienone is 6. The SMILES string of the molecule is C/C=C/C=C/C(=O)[O-].C/C=C/C=C/C(=O)[O-].CC(C)[CH2][Al+2]. The quantitative estimate of drug-likeness (QED) is 0.430. The summed E-state index contributed by atoms with van der Waals surface area (Å²) in [6, 6.07) is 0. The fourth-order valence-electron chi connectivity index (χ4n) is 0.490. The first kappa shape index (κ1) is 24.5. The Labute approximate surface area is 136 Å². The predicted molar refractivity (Wildman–Crippen MR) is 83.3 cm³/mol. The second-order valence-electron chi connectivity index (χ2n) is 4.04. The number of aliphatic carboxylic acids is 2. The molecule has 0 aromatic heterocycles. The maximum absolute atomic E-state index is 9.64. The summed E-state index contributed by atoms with van der Waals surface area (Å²) in [7, 11) is 0. The summed E-state index contributed by atoms with van der Waals surface area (Å²) in [6.07, 6.45) is 11.5. The molecule has 0 aliphatic rings. The van der Waals surface area contributed by atoms with Gasteiger partial charge in [0, 0.05) is 0 Å². The standard InChI is InChI=1S/2C6H8O2.C4H9.Al/c2*1-2-3-4-5-6(7)8;1-4(2)3;/h2*2-5H,1H3,(H,7,8);4H,1H2,2-3H3;/q;;;+2/p-2/b2*3-2+,5-4+;;. The number of carbonyl (C=O) groups excluding carboxylic acids is 2. The van der Waals surface area contributed by atoms with Gasteiger partial charge in [0.2, 0.25) is 0 Å². The molecule has 0 saturated heterocycles. The maximum atomic E-state index is 9.64. The van der Waals surface area contributed by atoms with Crippen molar-refractivity contribution in [3.8, 4) is 0 Å². The van der Waals surface area contributed by atoms with E-state index in [1.54, 1.807) is 38.2 Å². The van der Waals surface area contributed by atoms with Gasteiger partial charge in [0.05, 0.1) is 11.9 Å². The number of carboxylic acid groups (broad SMARTS) is 2. The molecule has 0 aliphatic carbocycles. The van der Waals surface area contributed by atoms with Crippen LogP contribution < -0.4 is 10.2 Å². The summed E-state index contributed by atoms with van der Waals surface area (Å²) in [4.78, 5) is 19.3. The minimum absolute atomic E-state index is 0.847. The average molecular weight is 306 g/mol. The van der Waals surface area contributed by atoms with Crippen LogP contribution >= 0.6 is 0 Å². The molecular formula is C16H23AlO4. The van der Waals surface area contributed by atoms with Crippen molar-refractivity contribution in [1.29, 1.82) is 0 Å². The molecule has 114 valence electrons. The Morgan fingerprint density at radius 3 is 1.33 bits per heavy atom. The van der Waals surface area contributed by atoms with Crippen molar-refractivity contribution >= 4 is 28.2 Å². The van der Waals surface area contributed by atoms with Crippen LogP contribution in [-0.2, 0) is 9.59 Å². The van der Waals surface area contributed by atoms with Crippen LogP contribution in [0.5, 0.6) is 0 Å². The van der Waals surface area contributed by atoms with Gasteiger partial charge < -0.3 is 19.8 Å². The van der Waals surface area contributed by atoms with E-state index < -0.39 is 11.9 Å². The van der Waals surface area contributed by atoms with E-state index in [4.69, 9.17) is 0 Å². The van der Waals surface area contributed by atoms with Crippen LogP contribution in [0.2, 0.25) is 5.28 Å². The van der Waals surface area contributed by atoms with Crippen molar-refractivity contribution in [2.75, 3.05) is 0 Å². The third kappa shape index (κ3) is 45.7. The zero-order chi connectivity index (χ0) is 17.1. The van der Waals surface area contributed by atoms with Crippen molar-refractivity contribution in [3.05, 3.63) is 48.6 Å². The molecule has 0 radical (unpaired) electrons.